The Morgan fingerprint density at radius 1 is 1.37 bits per heavy atom. The number of aryl methyl sites for hydroxylation is 3. The lowest BCUT2D eigenvalue weighted by atomic mass is 10.2. The van der Waals surface area contributed by atoms with Crippen LogP contribution in [0.5, 0.6) is 0 Å². The molecule has 0 saturated carbocycles. The van der Waals surface area contributed by atoms with Gasteiger partial charge in [0.25, 0.3) is 5.56 Å². The molecule has 5 rings (SSSR count). The second-order valence-corrected chi connectivity index (χ2v) is 9.43. The lowest BCUT2D eigenvalue weighted by Crippen LogP contribution is -2.16. The minimum Gasteiger partial charge on any atom is -0.317 e. The van der Waals surface area contributed by atoms with Gasteiger partial charge in [-0.1, -0.05) is 11.6 Å². The van der Waals surface area contributed by atoms with Crippen molar-refractivity contribution >= 4 is 55.5 Å². The van der Waals surface area contributed by atoms with Gasteiger partial charge in [0.15, 0.2) is 11.0 Å². The van der Waals surface area contributed by atoms with E-state index in [0.29, 0.717) is 34.0 Å². The highest BCUT2D eigenvalue weighted by atomic mass is 35.5. The van der Waals surface area contributed by atoms with Gasteiger partial charge in [0.2, 0.25) is 5.91 Å². The van der Waals surface area contributed by atoms with Crippen molar-refractivity contribution in [1.29, 1.82) is 0 Å². The molecule has 0 spiro atoms. The third-order valence-corrected chi connectivity index (χ3v) is 7.42. The summed E-state index contributed by atoms with van der Waals surface area (Å²) in [5.74, 6) is 0.977. The molecule has 4 heterocycles. The fraction of sp³-hybridized carbons (Fsp3) is 0.316. The number of thiazole rings is 1. The van der Waals surface area contributed by atoms with E-state index in [9.17, 15) is 9.59 Å². The number of fused-ring (bicyclic) bond motifs is 3. The number of carbonyl (C=O) groups excluding carboxylic acids is 1. The molecule has 0 saturated heterocycles. The van der Waals surface area contributed by atoms with Crippen molar-refractivity contribution in [2.75, 3.05) is 5.32 Å². The van der Waals surface area contributed by atoms with Crippen molar-refractivity contribution in [3.63, 3.8) is 0 Å². The van der Waals surface area contributed by atoms with Crippen LogP contribution >= 0.6 is 34.3 Å². The molecule has 8 nitrogen and oxygen atoms in total. The number of nitrogens with one attached hydrogen (secondary N) is 2. The van der Waals surface area contributed by atoms with Crippen LogP contribution in [-0.4, -0.2) is 30.4 Å². The van der Waals surface area contributed by atoms with Gasteiger partial charge in [0, 0.05) is 30.1 Å². The molecule has 0 bridgehead atoms. The molecule has 4 aromatic heterocycles. The molecule has 1 amide bonds. The van der Waals surface area contributed by atoms with Gasteiger partial charge in [-0.15, -0.1) is 22.7 Å². The van der Waals surface area contributed by atoms with Crippen LogP contribution in [0.4, 0.5) is 5.13 Å². The van der Waals surface area contributed by atoms with E-state index in [1.807, 2.05) is 5.38 Å². The van der Waals surface area contributed by atoms with Gasteiger partial charge in [0.1, 0.15) is 21.5 Å². The Labute approximate surface area is 184 Å². The monoisotopic (exact) mass is 460 g/mol. The molecule has 0 atom stereocenters. The third-order valence-electron chi connectivity index (χ3n) is 5.12. The maximum absolute atomic E-state index is 12.5. The highest BCUT2D eigenvalue weighted by Gasteiger charge is 2.21. The van der Waals surface area contributed by atoms with E-state index in [2.05, 4.69) is 25.3 Å². The molecular weight excluding hydrogens is 444 g/mol. The minimum atomic E-state index is -0.190. The van der Waals surface area contributed by atoms with Crippen LogP contribution in [-0.2, 0) is 31.1 Å². The average molecular weight is 461 g/mol. The Kier molecular flexibility index (Phi) is 4.92. The molecule has 30 heavy (non-hydrogen) atoms. The summed E-state index contributed by atoms with van der Waals surface area (Å²) in [7, 11) is 1.80. The number of hydrogen-bond acceptors (Lipinski definition) is 7. The summed E-state index contributed by atoms with van der Waals surface area (Å²) in [5.41, 5.74) is 1.70. The number of halogens is 1. The van der Waals surface area contributed by atoms with E-state index in [-0.39, 0.29) is 17.9 Å². The first-order valence-electron chi connectivity index (χ1n) is 9.46. The fourth-order valence-electron chi connectivity index (χ4n) is 3.64. The number of imidazole rings is 1. The standard InChI is InChI=1S/C19H17ClN6O2S2/c1-26-12(20)7-21-16(26)10-8-29-19(22-10)25-14(27)6-5-13-23-17(28)15-9-3-2-4-11(9)30-18(15)24-13/h7-8H,2-6H2,1H3,(H,22,25,27)(H,23,24,28). The molecule has 0 aromatic carbocycles. The lowest BCUT2D eigenvalue weighted by Gasteiger charge is -2.03. The predicted octanol–water partition coefficient (Wildman–Crippen LogP) is 3.56. The van der Waals surface area contributed by atoms with E-state index in [1.165, 1.54) is 16.2 Å². The Bertz CT molecular complexity index is 1330. The summed E-state index contributed by atoms with van der Waals surface area (Å²) >= 11 is 8.93. The maximum Gasteiger partial charge on any atom is 0.259 e. The summed E-state index contributed by atoms with van der Waals surface area (Å²) in [5, 5.41) is 6.34. The summed E-state index contributed by atoms with van der Waals surface area (Å²) in [4.78, 5) is 43.0. The number of hydrogen-bond donors (Lipinski definition) is 2. The quantitative estimate of drug-likeness (QED) is 0.473. The minimum absolute atomic E-state index is 0.104. The highest BCUT2D eigenvalue weighted by Crippen LogP contribution is 2.34. The van der Waals surface area contributed by atoms with Crippen molar-refractivity contribution < 1.29 is 4.79 Å². The van der Waals surface area contributed by atoms with Gasteiger partial charge >= 0.3 is 0 Å². The first-order chi connectivity index (χ1) is 14.5. The number of amides is 1. The maximum atomic E-state index is 12.5. The normalized spacial score (nSPS) is 13.1. The van der Waals surface area contributed by atoms with Crippen molar-refractivity contribution in [3.05, 3.63) is 43.3 Å². The Hall–Kier alpha value is -2.56. The van der Waals surface area contributed by atoms with Crippen LogP contribution in [0.3, 0.4) is 0 Å². The smallest absolute Gasteiger partial charge is 0.259 e. The first kappa shape index (κ1) is 19.4. The molecule has 0 unspecified atom stereocenters. The number of carbonyl (C=O) groups is 1. The molecule has 0 fully saturated rings. The summed E-state index contributed by atoms with van der Waals surface area (Å²) in [6.45, 7) is 0. The molecule has 154 valence electrons. The van der Waals surface area contributed by atoms with E-state index in [0.717, 1.165) is 35.0 Å². The van der Waals surface area contributed by atoms with E-state index in [4.69, 9.17) is 11.6 Å². The number of rotatable bonds is 5. The van der Waals surface area contributed by atoms with Crippen LogP contribution in [0.25, 0.3) is 21.7 Å². The number of nitrogens with zero attached hydrogens (tertiary/aromatic N) is 4. The summed E-state index contributed by atoms with van der Waals surface area (Å²) in [6.07, 6.45) is 5.18. The zero-order valence-corrected chi connectivity index (χ0v) is 18.4. The van der Waals surface area contributed by atoms with Crippen molar-refractivity contribution in [1.82, 2.24) is 24.5 Å². The van der Waals surface area contributed by atoms with E-state index >= 15 is 0 Å². The number of anilines is 1. The van der Waals surface area contributed by atoms with E-state index < -0.39 is 0 Å². The second-order valence-electron chi connectivity index (χ2n) is 7.10. The highest BCUT2D eigenvalue weighted by molar-refractivity contribution is 7.18. The Morgan fingerprint density at radius 2 is 2.23 bits per heavy atom. The van der Waals surface area contributed by atoms with Crippen LogP contribution in [0.15, 0.2) is 16.4 Å². The van der Waals surface area contributed by atoms with Crippen molar-refractivity contribution in [2.45, 2.75) is 32.1 Å². The van der Waals surface area contributed by atoms with Gasteiger partial charge in [-0.25, -0.2) is 15.0 Å². The lowest BCUT2D eigenvalue weighted by molar-refractivity contribution is -0.116. The largest absolute Gasteiger partial charge is 0.317 e. The molecule has 4 aromatic rings. The van der Waals surface area contributed by atoms with Crippen LogP contribution in [0.1, 0.15) is 29.1 Å². The molecule has 0 aliphatic heterocycles. The van der Waals surface area contributed by atoms with Gasteiger partial charge < -0.3 is 14.9 Å². The first-order valence-corrected chi connectivity index (χ1v) is 11.5. The SMILES string of the molecule is Cn1c(Cl)cnc1-c1csc(NC(=O)CCc2nc3sc4c(c3c(=O)[nH]2)CCC4)n1. The summed E-state index contributed by atoms with van der Waals surface area (Å²) in [6, 6.07) is 0. The molecule has 1 aliphatic rings. The Balaban J connectivity index is 1.26. The van der Waals surface area contributed by atoms with Gasteiger partial charge in [-0.3, -0.25) is 9.59 Å². The van der Waals surface area contributed by atoms with Crippen molar-refractivity contribution in [2.24, 2.45) is 7.05 Å². The zero-order valence-electron chi connectivity index (χ0n) is 16.0. The molecular formula is C19H17ClN6O2S2. The van der Waals surface area contributed by atoms with Crippen molar-refractivity contribution in [3.8, 4) is 11.5 Å². The van der Waals surface area contributed by atoms with E-state index in [1.54, 1.807) is 29.1 Å². The third kappa shape index (κ3) is 3.44. The second kappa shape index (κ2) is 7.60. The topological polar surface area (TPSA) is 106 Å². The average Bonchev–Trinajstić information content (AvgIpc) is 3.46. The predicted molar refractivity (Wildman–Crippen MR) is 119 cm³/mol. The number of H-pyrrole nitrogens is 1. The van der Waals surface area contributed by atoms with Crippen LogP contribution in [0, 0.1) is 0 Å². The number of thiophene rings is 1. The Morgan fingerprint density at radius 3 is 3.03 bits per heavy atom. The molecule has 1 aliphatic carbocycles. The molecule has 11 heteroatoms. The number of aromatic nitrogens is 5. The van der Waals surface area contributed by atoms with Crippen LogP contribution < -0.4 is 10.9 Å². The van der Waals surface area contributed by atoms with Gasteiger partial charge in [0.05, 0.1) is 11.6 Å². The van der Waals surface area contributed by atoms with Crippen LogP contribution in [0.2, 0.25) is 5.15 Å². The van der Waals surface area contributed by atoms with Gasteiger partial charge in [-0.05, 0) is 24.8 Å². The fourth-order valence-corrected chi connectivity index (χ4v) is 5.75. The molecule has 2 N–H and O–H groups in total. The number of aromatic amines is 1. The summed E-state index contributed by atoms with van der Waals surface area (Å²) < 4.78 is 1.72. The van der Waals surface area contributed by atoms with Gasteiger partial charge in [-0.2, -0.15) is 0 Å². The molecule has 0 radical (unpaired) electrons. The zero-order chi connectivity index (χ0) is 20.8.